The molecule has 146 valence electrons. The van der Waals surface area contributed by atoms with Gasteiger partial charge in [-0.2, -0.15) is 0 Å². The highest BCUT2D eigenvalue weighted by atomic mass is 35.5. The van der Waals surface area contributed by atoms with Gasteiger partial charge in [0, 0.05) is 18.3 Å². The Kier molecular flexibility index (Phi) is 8.98. The van der Waals surface area contributed by atoms with Gasteiger partial charge in [0.05, 0.1) is 12.6 Å². The maximum atomic E-state index is 13.2. The number of aliphatic carboxylic acids is 1. The van der Waals surface area contributed by atoms with Crippen molar-refractivity contribution in [3.63, 3.8) is 0 Å². The molecule has 8 heteroatoms. The molecule has 1 heterocycles. The van der Waals surface area contributed by atoms with E-state index in [-0.39, 0.29) is 42.8 Å². The maximum absolute atomic E-state index is 13.2. The van der Waals surface area contributed by atoms with Crippen LogP contribution < -0.4 is 5.32 Å². The average Bonchev–Trinajstić information content (AvgIpc) is 2.79. The van der Waals surface area contributed by atoms with Crippen molar-refractivity contribution < 1.29 is 19.1 Å². The van der Waals surface area contributed by atoms with Gasteiger partial charge in [0.15, 0.2) is 0 Å². The van der Waals surface area contributed by atoms with Crippen LogP contribution in [0.5, 0.6) is 0 Å². The van der Waals surface area contributed by atoms with Crippen LogP contribution in [0.1, 0.15) is 26.2 Å². The zero-order valence-electron chi connectivity index (χ0n) is 15.2. The molecule has 1 aliphatic heterocycles. The molecule has 0 bridgehead atoms. The first-order chi connectivity index (χ1) is 11.9. The van der Waals surface area contributed by atoms with Crippen LogP contribution in [0.15, 0.2) is 24.3 Å². The minimum absolute atomic E-state index is 0. The third-order valence-corrected chi connectivity index (χ3v) is 4.76. The van der Waals surface area contributed by atoms with Crippen molar-refractivity contribution >= 4 is 30.0 Å². The second-order valence-electron chi connectivity index (χ2n) is 6.61. The number of nitrogens with one attached hydrogen (secondary N) is 1. The third-order valence-electron chi connectivity index (χ3n) is 4.76. The lowest BCUT2D eigenvalue weighted by molar-refractivity contribution is -0.138. The van der Waals surface area contributed by atoms with E-state index in [1.807, 2.05) is 18.9 Å². The van der Waals surface area contributed by atoms with Crippen LogP contribution in [-0.2, 0) is 9.59 Å². The van der Waals surface area contributed by atoms with Gasteiger partial charge in [0.1, 0.15) is 5.82 Å². The van der Waals surface area contributed by atoms with Gasteiger partial charge in [-0.1, -0.05) is 6.07 Å². The van der Waals surface area contributed by atoms with Crippen molar-refractivity contribution in [3.8, 4) is 0 Å². The number of rotatable bonds is 6. The van der Waals surface area contributed by atoms with Crippen LogP contribution in [0.2, 0.25) is 0 Å². The minimum Gasteiger partial charge on any atom is -0.480 e. The summed E-state index contributed by atoms with van der Waals surface area (Å²) in [4.78, 5) is 27.3. The van der Waals surface area contributed by atoms with Crippen LogP contribution in [0.4, 0.5) is 10.1 Å². The quantitative estimate of drug-likeness (QED) is 0.784. The number of hydrogen-bond acceptors (Lipinski definition) is 4. The lowest BCUT2D eigenvalue weighted by Crippen LogP contribution is -2.43. The van der Waals surface area contributed by atoms with Crippen LogP contribution >= 0.6 is 12.4 Å². The predicted octanol–water partition coefficient (Wildman–Crippen LogP) is 2.45. The van der Waals surface area contributed by atoms with E-state index in [2.05, 4.69) is 10.2 Å². The van der Waals surface area contributed by atoms with Gasteiger partial charge >= 0.3 is 5.97 Å². The number of hydrogen-bond donors (Lipinski definition) is 2. The predicted molar refractivity (Wildman–Crippen MR) is 101 cm³/mol. The number of anilines is 1. The number of nitrogens with zero attached hydrogens (tertiary/aromatic N) is 2. The number of carboxylic acids is 1. The Morgan fingerprint density at radius 1 is 1.38 bits per heavy atom. The first kappa shape index (κ1) is 22.3. The van der Waals surface area contributed by atoms with E-state index in [0.717, 1.165) is 32.4 Å². The first-order valence-electron chi connectivity index (χ1n) is 8.59. The Morgan fingerprint density at radius 3 is 2.77 bits per heavy atom. The SMILES string of the molecule is CC(C(=O)Nc1cccc(F)c1)N1CCCC(N(C)CC(=O)O)CC1.Cl. The highest BCUT2D eigenvalue weighted by molar-refractivity contribution is 5.94. The second-order valence-corrected chi connectivity index (χ2v) is 6.61. The summed E-state index contributed by atoms with van der Waals surface area (Å²) >= 11 is 0. The molecule has 1 aliphatic rings. The summed E-state index contributed by atoms with van der Waals surface area (Å²) < 4.78 is 13.2. The lowest BCUT2D eigenvalue weighted by atomic mass is 10.1. The molecule has 0 aromatic heterocycles. The Hall–Kier alpha value is -1.70. The van der Waals surface area contributed by atoms with Gasteiger partial charge in [-0.25, -0.2) is 4.39 Å². The Morgan fingerprint density at radius 2 is 2.12 bits per heavy atom. The normalized spacial score (nSPS) is 19.3. The number of carbonyl (C=O) groups excluding carboxylic acids is 1. The highest BCUT2D eigenvalue weighted by Gasteiger charge is 2.26. The zero-order valence-corrected chi connectivity index (χ0v) is 16.0. The summed E-state index contributed by atoms with van der Waals surface area (Å²) in [6.45, 7) is 3.39. The summed E-state index contributed by atoms with van der Waals surface area (Å²) in [5, 5.41) is 11.7. The number of benzene rings is 1. The van der Waals surface area contributed by atoms with Crippen LogP contribution in [0, 0.1) is 5.82 Å². The van der Waals surface area contributed by atoms with E-state index < -0.39 is 5.97 Å². The topological polar surface area (TPSA) is 72.9 Å². The van der Waals surface area contributed by atoms with E-state index in [0.29, 0.717) is 5.69 Å². The molecule has 2 atom stereocenters. The zero-order chi connectivity index (χ0) is 18.4. The maximum Gasteiger partial charge on any atom is 0.317 e. The number of halogens is 2. The fraction of sp³-hybridized carbons (Fsp3) is 0.556. The summed E-state index contributed by atoms with van der Waals surface area (Å²) in [7, 11) is 1.83. The monoisotopic (exact) mass is 387 g/mol. The molecular formula is C18H27ClFN3O3. The largest absolute Gasteiger partial charge is 0.480 e. The summed E-state index contributed by atoms with van der Waals surface area (Å²) in [5.74, 6) is -1.38. The summed E-state index contributed by atoms with van der Waals surface area (Å²) in [6.07, 6.45) is 2.64. The van der Waals surface area contributed by atoms with Gasteiger partial charge in [0.25, 0.3) is 0 Å². The molecule has 1 amide bonds. The van der Waals surface area contributed by atoms with Crippen LogP contribution in [0.25, 0.3) is 0 Å². The first-order valence-corrected chi connectivity index (χ1v) is 8.59. The van der Waals surface area contributed by atoms with Crippen molar-refractivity contribution in [2.75, 3.05) is 32.0 Å². The van der Waals surface area contributed by atoms with E-state index >= 15 is 0 Å². The van der Waals surface area contributed by atoms with Crippen molar-refractivity contribution in [2.45, 2.75) is 38.3 Å². The average molecular weight is 388 g/mol. The second kappa shape index (κ2) is 10.4. The molecule has 2 N–H and O–H groups in total. The van der Waals surface area contributed by atoms with Crippen molar-refractivity contribution in [2.24, 2.45) is 0 Å². The minimum atomic E-state index is -0.827. The molecule has 1 aromatic rings. The summed E-state index contributed by atoms with van der Waals surface area (Å²) in [5.41, 5.74) is 0.450. The van der Waals surface area contributed by atoms with E-state index in [9.17, 15) is 14.0 Å². The molecule has 1 fully saturated rings. The molecule has 0 radical (unpaired) electrons. The van der Waals surface area contributed by atoms with Gasteiger partial charge in [-0.3, -0.25) is 19.4 Å². The molecular weight excluding hydrogens is 361 g/mol. The standard InChI is InChI=1S/C18H26FN3O3.ClH/c1-13(18(25)20-15-6-3-5-14(19)11-15)22-9-4-7-16(8-10-22)21(2)12-17(23)24;/h3,5-6,11,13,16H,4,7-10,12H2,1-2H3,(H,20,25)(H,23,24);1H. The van der Waals surface area contributed by atoms with Crippen LogP contribution in [-0.4, -0.2) is 65.5 Å². The molecule has 0 aliphatic carbocycles. The third kappa shape index (κ3) is 6.55. The number of likely N-dealkylation sites (N-methyl/N-ethyl adjacent to an activating group) is 1. The number of carboxylic acid groups (broad SMARTS) is 1. The molecule has 2 rings (SSSR count). The fourth-order valence-corrected chi connectivity index (χ4v) is 3.25. The molecule has 1 aromatic carbocycles. The smallest absolute Gasteiger partial charge is 0.317 e. The molecule has 1 saturated heterocycles. The van der Waals surface area contributed by atoms with Gasteiger partial charge < -0.3 is 10.4 Å². The van der Waals surface area contributed by atoms with Crippen LogP contribution in [0.3, 0.4) is 0 Å². The molecule has 2 unspecified atom stereocenters. The van der Waals surface area contributed by atoms with E-state index in [4.69, 9.17) is 5.11 Å². The molecule has 0 spiro atoms. The highest BCUT2D eigenvalue weighted by Crippen LogP contribution is 2.18. The Bertz CT molecular complexity index is 617. The van der Waals surface area contributed by atoms with Gasteiger partial charge in [0.2, 0.25) is 5.91 Å². The Balaban J connectivity index is 0.00000338. The lowest BCUT2D eigenvalue weighted by Gasteiger charge is -2.28. The summed E-state index contributed by atoms with van der Waals surface area (Å²) in [6, 6.07) is 5.73. The van der Waals surface area contributed by atoms with Gasteiger partial charge in [-0.05, 0) is 58.0 Å². The number of likely N-dealkylation sites (tertiary alicyclic amines) is 1. The van der Waals surface area contributed by atoms with Gasteiger partial charge in [-0.15, -0.1) is 12.4 Å². The Labute approximate surface area is 159 Å². The van der Waals surface area contributed by atoms with E-state index in [1.54, 1.807) is 12.1 Å². The van der Waals surface area contributed by atoms with Crippen molar-refractivity contribution in [1.82, 2.24) is 9.80 Å². The fourth-order valence-electron chi connectivity index (χ4n) is 3.25. The number of amides is 1. The molecule has 26 heavy (non-hydrogen) atoms. The molecule has 0 saturated carbocycles. The number of carbonyl (C=O) groups is 2. The van der Waals surface area contributed by atoms with E-state index in [1.165, 1.54) is 12.1 Å². The molecule has 6 nitrogen and oxygen atoms in total. The van der Waals surface area contributed by atoms with Crippen molar-refractivity contribution in [3.05, 3.63) is 30.1 Å². The van der Waals surface area contributed by atoms with Crippen molar-refractivity contribution in [1.29, 1.82) is 0 Å².